The fraction of sp³-hybridized carbons (Fsp3) is 0.700. The average Bonchev–Trinajstić information content (AvgIpc) is 2.61. The van der Waals surface area contributed by atoms with Crippen LogP contribution in [0.2, 0.25) is 0 Å². The van der Waals surface area contributed by atoms with Crippen molar-refractivity contribution >= 4 is 32.4 Å². The normalized spacial score (nSPS) is 25.2. The number of hydrogen-bond acceptors (Lipinski definition) is 3. The van der Waals surface area contributed by atoms with Gasteiger partial charge in [0.1, 0.15) is 4.60 Å². The molecule has 0 saturated heterocycles. The van der Waals surface area contributed by atoms with Gasteiger partial charge in [0.25, 0.3) is 0 Å². The van der Waals surface area contributed by atoms with Crippen molar-refractivity contribution in [2.24, 2.45) is 5.41 Å². The zero-order chi connectivity index (χ0) is 10.2. The quantitative estimate of drug-likeness (QED) is 0.885. The molecular weight excluding hydrogens is 260 g/mol. The summed E-state index contributed by atoms with van der Waals surface area (Å²) in [6.45, 7) is 4.67. The summed E-state index contributed by atoms with van der Waals surface area (Å²) in [5.41, 5.74) is 0.415. The lowest BCUT2D eigenvalue weighted by Crippen LogP contribution is -2.30. The lowest BCUT2D eigenvalue weighted by Gasteiger charge is -2.27. The van der Waals surface area contributed by atoms with Crippen LogP contribution in [-0.2, 0) is 0 Å². The van der Waals surface area contributed by atoms with E-state index in [1.165, 1.54) is 19.3 Å². The van der Waals surface area contributed by atoms with Gasteiger partial charge in [-0.3, -0.25) is 0 Å². The van der Waals surface area contributed by atoms with E-state index in [1.54, 1.807) is 11.3 Å². The van der Waals surface area contributed by atoms with Crippen LogP contribution in [0.5, 0.6) is 0 Å². The highest BCUT2D eigenvalue weighted by molar-refractivity contribution is 9.10. The predicted octanol–water partition coefficient (Wildman–Crippen LogP) is 3.90. The minimum absolute atomic E-state index is 0.415. The standard InChI is InChI=1S/C10H15BrN2S/c1-10(2)5-3-4-7(10)12-9-13-8(11)6-14-9/h6-7H,3-5H2,1-2H3,(H,12,13). The summed E-state index contributed by atoms with van der Waals surface area (Å²) in [6.07, 6.45) is 3.92. The van der Waals surface area contributed by atoms with Gasteiger partial charge in [-0.2, -0.15) is 0 Å². The predicted molar refractivity (Wildman–Crippen MR) is 64.9 cm³/mol. The maximum absolute atomic E-state index is 4.36. The van der Waals surface area contributed by atoms with Crippen molar-refractivity contribution in [2.45, 2.75) is 39.2 Å². The van der Waals surface area contributed by atoms with Crippen molar-refractivity contribution in [1.29, 1.82) is 0 Å². The summed E-state index contributed by atoms with van der Waals surface area (Å²) in [5.74, 6) is 0. The average molecular weight is 275 g/mol. The van der Waals surface area contributed by atoms with Gasteiger partial charge < -0.3 is 5.32 Å². The van der Waals surface area contributed by atoms with Gasteiger partial charge >= 0.3 is 0 Å². The molecule has 1 aliphatic carbocycles. The van der Waals surface area contributed by atoms with E-state index < -0.39 is 0 Å². The second kappa shape index (κ2) is 3.81. The first-order valence-electron chi connectivity index (χ1n) is 4.95. The molecule has 0 radical (unpaired) electrons. The summed E-state index contributed by atoms with van der Waals surface area (Å²) in [6, 6.07) is 0.584. The van der Waals surface area contributed by atoms with E-state index in [-0.39, 0.29) is 0 Å². The highest BCUT2D eigenvalue weighted by Crippen LogP contribution is 2.39. The second-order valence-corrected chi connectivity index (χ2v) is 6.22. The first-order valence-corrected chi connectivity index (χ1v) is 6.63. The van der Waals surface area contributed by atoms with Crippen molar-refractivity contribution in [2.75, 3.05) is 5.32 Å². The lowest BCUT2D eigenvalue weighted by atomic mass is 9.87. The number of halogens is 1. The maximum Gasteiger partial charge on any atom is 0.183 e. The fourth-order valence-corrected chi connectivity index (χ4v) is 3.26. The molecule has 1 saturated carbocycles. The molecule has 1 fully saturated rings. The molecule has 0 bridgehead atoms. The molecule has 1 atom stereocenters. The molecule has 1 heterocycles. The molecule has 0 amide bonds. The topological polar surface area (TPSA) is 24.9 Å². The third-order valence-corrected chi connectivity index (χ3v) is 4.51. The smallest absolute Gasteiger partial charge is 0.183 e. The van der Waals surface area contributed by atoms with Gasteiger partial charge in [0, 0.05) is 11.4 Å². The second-order valence-electron chi connectivity index (χ2n) is 4.55. The summed E-state index contributed by atoms with van der Waals surface area (Å²) in [4.78, 5) is 4.36. The molecule has 4 heteroatoms. The van der Waals surface area contributed by atoms with E-state index in [0.29, 0.717) is 11.5 Å². The Hall–Kier alpha value is -0.0900. The monoisotopic (exact) mass is 274 g/mol. The Morgan fingerprint density at radius 1 is 1.64 bits per heavy atom. The molecule has 1 aliphatic rings. The van der Waals surface area contributed by atoms with E-state index in [2.05, 4.69) is 40.1 Å². The lowest BCUT2D eigenvalue weighted by molar-refractivity contribution is 0.350. The number of rotatable bonds is 2. The third kappa shape index (κ3) is 2.11. The van der Waals surface area contributed by atoms with Crippen LogP contribution >= 0.6 is 27.3 Å². The molecular formula is C10H15BrN2S. The van der Waals surface area contributed by atoms with Gasteiger partial charge in [0.2, 0.25) is 0 Å². The number of nitrogens with zero attached hydrogens (tertiary/aromatic N) is 1. The molecule has 78 valence electrons. The van der Waals surface area contributed by atoms with Gasteiger partial charge in [-0.1, -0.05) is 20.3 Å². The van der Waals surface area contributed by atoms with Crippen molar-refractivity contribution in [1.82, 2.24) is 4.98 Å². The molecule has 0 aromatic carbocycles. The molecule has 1 N–H and O–H groups in total. The Morgan fingerprint density at radius 3 is 2.93 bits per heavy atom. The maximum atomic E-state index is 4.36. The molecule has 1 unspecified atom stereocenters. The first kappa shape index (κ1) is 10.4. The van der Waals surface area contributed by atoms with Crippen LogP contribution < -0.4 is 5.32 Å². The van der Waals surface area contributed by atoms with Crippen LogP contribution in [0.15, 0.2) is 9.98 Å². The molecule has 1 aromatic rings. The zero-order valence-electron chi connectivity index (χ0n) is 8.51. The van der Waals surface area contributed by atoms with E-state index in [0.717, 1.165) is 9.73 Å². The Labute approximate surface area is 97.3 Å². The fourth-order valence-electron chi connectivity index (χ4n) is 2.06. The van der Waals surface area contributed by atoms with Crippen LogP contribution in [-0.4, -0.2) is 11.0 Å². The van der Waals surface area contributed by atoms with E-state index in [9.17, 15) is 0 Å². The highest BCUT2D eigenvalue weighted by atomic mass is 79.9. The number of thiazole rings is 1. The van der Waals surface area contributed by atoms with Crippen LogP contribution in [0.1, 0.15) is 33.1 Å². The van der Waals surface area contributed by atoms with Gasteiger partial charge in [-0.25, -0.2) is 4.98 Å². The van der Waals surface area contributed by atoms with Crippen LogP contribution in [0.3, 0.4) is 0 Å². The number of anilines is 1. The number of nitrogens with one attached hydrogen (secondary N) is 1. The zero-order valence-corrected chi connectivity index (χ0v) is 10.9. The van der Waals surface area contributed by atoms with Gasteiger partial charge in [0.05, 0.1) is 0 Å². The number of aromatic nitrogens is 1. The first-order chi connectivity index (χ1) is 6.58. The molecule has 2 rings (SSSR count). The van der Waals surface area contributed by atoms with Gasteiger partial charge in [-0.15, -0.1) is 11.3 Å². The van der Waals surface area contributed by atoms with Gasteiger partial charge in [-0.05, 0) is 34.2 Å². The molecule has 0 aliphatic heterocycles. The Morgan fingerprint density at radius 2 is 2.43 bits per heavy atom. The summed E-state index contributed by atoms with van der Waals surface area (Å²) >= 11 is 5.04. The Kier molecular flexibility index (Phi) is 2.84. The van der Waals surface area contributed by atoms with E-state index >= 15 is 0 Å². The van der Waals surface area contributed by atoms with Crippen molar-refractivity contribution < 1.29 is 0 Å². The molecule has 0 spiro atoms. The molecule has 1 aromatic heterocycles. The van der Waals surface area contributed by atoms with Crippen molar-refractivity contribution in [3.63, 3.8) is 0 Å². The summed E-state index contributed by atoms with van der Waals surface area (Å²) in [5, 5.41) is 6.59. The van der Waals surface area contributed by atoms with Crippen LogP contribution in [0.4, 0.5) is 5.13 Å². The largest absolute Gasteiger partial charge is 0.358 e. The van der Waals surface area contributed by atoms with Gasteiger partial charge in [0.15, 0.2) is 5.13 Å². The van der Waals surface area contributed by atoms with Crippen LogP contribution in [0.25, 0.3) is 0 Å². The number of hydrogen-bond donors (Lipinski definition) is 1. The summed E-state index contributed by atoms with van der Waals surface area (Å²) in [7, 11) is 0. The Balaban J connectivity index is 2.04. The third-order valence-electron chi connectivity index (χ3n) is 3.03. The van der Waals surface area contributed by atoms with Crippen molar-refractivity contribution in [3.05, 3.63) is 9.98 Å². The minimum atomic E-state index is 0.415. The molecule has 14 heavy (non-hydrogen) atoms. The minimum Gasteiger partial charge on any atom is -0.358 e. The molecule has 2 nitrogen and oxygen atoms in total. The van der Waals surface area contributed by atoms with E-state index in [4.69, 9.17) is 0 Å². The van der Waals surface area contributed by atoms with Crippen molar-refractivity contribution in [3.8, 4) is 0 Å². The van der Waals surface area contributed by atoms with E-state index in [1.807, 2.05) is 5.38 Å². The summed E-state index contributed by atoms with van der Waals surface area (Å²) < 4.78 is 0.931. The Bertz CT molecular complexity index is 322. The highest BCUT2D eigenvalue weighted by Gasteiger charge is 2.34. The van der Waals surface area contributed by atoms with Crippen LogP contribution in [0, 0.1) is 5.41 Å². The SMILES string of the molecule is CC1(C)CCCC1Nc1nc(Br)cs1.